The Labute approximate surface area is 270 Å². The molecule has 0 atom stereocenters. The van der Waals surface area contributed by atoms with E-state index >= 15 is 0 Å². The lowest BCUT2D eigenvalue weighted by atomic mass is 9.82. The van der Waals surface area contributed by atoms with Crippen LogP contribution < -0.4 is 0 Å². The van der Waals surface area contributed by atoms with Gasteiger partial charge in [-0.15, -0.1) is 0 Å². The van der Waals surface area contributed by atoms with Gasteiger partial charge in [0.1, 0.15) is 0 Å². The Hall–Kier alpha value is -5.98. The van der Waals surface area contributed by atoms with Crippen LogP contribution in [0.1, 0.15) is 0 Å². The van der Waals surface area contributed by atoms with Crippen molar-refractivity contribution in [2.24, 2.45) is 0 Å². The maximum atomic E-state index is 2.35. The molecule has 0 heterocycles. The zero-order valence-corrected chi connectivity index (χ0v) is 25.5. The van der Waals surface area contributed by atoms with Crippen LogP contribution in [0.25, 0.3) is 77.5 Å². The number of benzene rings is 8. The third-order valence-corrected chi connectivity index (χ3v) is 8.93. The smallest absolute Gasteiger partial charge is 0.00206 e. The van der Waals surface area contributed by atoms with Gasteiger partial charge in [0.15, 0.2) is 0 Å². The molecule has 0 aliphatic rings. The lowest BCUT2D eigenvalue weighted by Gasteiger charge is -2.21. The van der Waals surface area contributed by atoms with E-state index in [1.165, 1.54) is 77.5 Å². The summed E-state index contributed by atoms with van der Waals surface area (Å²) in [4.78, 5) is 0. The van der Waals surface area contributed by atoms with E-state index in [4.69, 9.17) is 0 Å². The molecule has 8 rings (SSSR count). The molecule has 0 fully saturated rings. The van der Waals surface area contributed by atoms with Gasteiger partial charge in [0, 0.05) is 0 Å². The molecule has 0 nitrogen and oxygen atoms in total. The second kappa shape index (κ2) is 12.2. The van der Waals surface area contributed by atoms with E-state index in [0.29, 0.717) is 0 Å². The van der Waals surface area contributed by atoms with Gasteiger partial charge in [-0.05, 0) is 77.5 Å². The van der Waals surface area contributed by atoms with Crippen molar-refractivity contribution in [3.63, 3.8) is 0 Å². The molecule has 0 heteroatoms. The Morgan fingerprint density at radius 1 is 0.174 bits per heavy atom. The first-order valence-corrected chi connectivity index (χ1v) is 15.9. The minimum atomic E-state index is 1.21. The predicted molar refractivity (Wildman–Crippen MR) is 197 cm³/mol. The van der Waals surface area contributed by atoms with Crippen molar-refractivity contribution in [1.82, 2.24) is 0 Å². The molecule has 0 aromatic heterocycles. The van der Waals surface area contributed by atoms with E-state index in [1.54, 1.807) is 0 Å². The summed E-state index contributed by atoms with van der Waals surface area (Å²) < 4.78 is 0. The van der Waals surface area contributed by atoms with Crippen LogP contribution in [0.3, 0.4) is 0 Å². The van der Waals surface area contributed by atoms with Gasteiger partial charge in [-0.25, -0.2) is 0 Å². The first kappa shape index (κ1) is 27.6. The molecule has 0 aliphatic heterocycles. The highest BCUT2D eigenvalue weighted by Crippen LogP contribution is 2.47. The first-order valence-electron chi connectivity index (χ1n) is 15.9. The van der Waals surface area contributed by atoms with E-state index < -0.39 is 0 Å². The lowest BCUT2D eigenvalue weighted by molar-refractivity contribution is 1.56. The lowest BCUT2D eigenvalue weighted by Crippen LogP contribution is -1.95. The largest absolute Gasteiger partial charge is 0.0622 e. The molecule has 0 saturated heterocycles. The van der Waals surface area contributed by atoms with Crippen molar-refractivity contribution >= 4 is 10.8 Å². The summed E-state index contributed by atoms with van der Waals surface area (Å²) in [6.45, 7) is 0. The molecule has 0 unspecified atom stereocenters. The molecule has 0 radical (unpaired) electrons. The summed E-state index contributed by atoms with van der Waals surface area (Å²) in [6.07, 6.45) is 0. The highest BCUT2D eigenvalue weighted by Gasteiger charge is 2.20. The topological polar surface area (TPSA) is 0 Å². The van der Waals surface area contributed by atoms with Gasteiger partial charge in [0.2, 0.25) is 0 Å². The summed E-state index contributed by atoms with van der Waals surface area (Å²) in [5.41, 5.74) is 14.7. The maximum absolute atomic E-state index is 2.35. The number of fused-ring (bicyclic) bond motifs is 1. The third kappa shape index (κ3) is 5.01. The van der Waals surface area contributed by atoms with Gasteiger partial charge >= 0.3 is 0 Å². The van der Waals surface area contributed by atoms with Gasteiger partial charge < -0.3 is 0 Å². The zero-order chi connectivity index (χ0) is 30.7. The Balaban J connectivity index is 1.45. The predicted octanol–water partition coefficient (Wildman–Crippen LogP) is 12.8. The molecule has 8 aromatic rings. The average molecular weight is 585 g/mol. The Morgan fingerprint density at radius 3 is 0.717 bits per heavy atom. The van der Waals surface area contributed by atoms with E-state index in [0.717, 1.165) is 0 Å². The van der Waals surface area contributed by atoms with E-state index in [1.807, 2.05) is 0 Å². The number of hydrogen-bond acceptors (Lipinski definition) is 0. The summed E-state index contributed by atoms with van der Waals surface area (Å²) >= 11 is 0. The van der Waals surface area contributed by atoms with Crippen LogP contribution in [0.4, 0.5) is 0 Å². The van der Waals surface area contributed by atoms with Crippen LogP contribution in [0, 0.1) is 0 Å². The molecule has 216 valence electrons. The number of hydrogen-bond donors (Lipinski definition) is 0. The van der Waals surface area contributed by atoms with Gasteiger partial charge in [-0.3, -0.25) is 0 Å². The Kier molecular flexibility index (Phi) is 7.30. The van der Waals surface area contributed by atoms with Gasteiger partial charge in [0.05, 0.1) is 0 Å². The molecule has 46 heavy (non-hydrogen) atoms. The quantitative estimate of drug-likeness (QED) is 0.182. The Bertz CT molecular complexity index is 1990. The van der Waals surface area contributed by atoms with Crippen molar-refractivity contribution in [1.29, 1.82) is 0 Å². The minimum absolute atomic E-state index is 1.21. The average Bonchev–Trinajstić information content (AvgIpc) is 3.15. The monoisotopic (exact) mass is 584 g/mol. The summed E-state index contributed by atoms with van der Waals surface area (Å²) in [7, 11) is 0. The minimum Gasteiger partial charge on any atom is -0.0622 e. The normalized spacial score (nSPS) is 11.0. The molecular formula is C46H32. The first-order chi connectivity index (χ1) is 22.9. The van der Waals surface area contributed by atoms with Crippen LogP contribution in [0.15, 0.2) is 194 Å². The van der Waals surface area contributed by atoms with Gasteiger partial charge in [-0.2, -0.15) is 0 Å². The molecule has 0 saturated carbocycles. The van der Waals surface area contributed by atoms with E-state index in [2.05, 4.69) is 194 Å². The van der Waals surface area contributed by atoms with Crippen LogP contribution in [0.2, 0.25) is 0 Å². The van der Waals surface area contributed by atoms with Crippen LogP contribution in [-0.2, 0) is 0 Å². The highest BCUT2D eigenvalue weighted by molar-refractivity contribution is 6.12. The molecule has 0 amide bonds. The summed E-state index contributed by atoms with van der Waals surface area (Å²) in [5.74, 6) is 0. The highest BCUT2D eigenvalue weighted by atomic mass is 14.2. The van der Waals surface area contributed by atoms with Crippen LogP contribution in [-0.4, -0.2) is 0 Å². The van der Waals surface area contributed by atoms with Crippen LogP contribution in [0.5, 0.6) is 0 Å². The van der Waals surface area contributed by atoms with E-state index in [9.17, 15) is 0 Å². The third-order valence-electron chi connectivity index (χ3n) is 8.93. The fraction of sp³-hybridized carbons (Fsp3) is 0. The standard InChI is InChI=1S/C46H32/c1-5-17-33(18-6-1)37-27-15-28-38(34-19-7-2-8-20-34)45(37)43-31-32-44(42-26-14-13-25-41(42)43)46-39(35-21-9-3-10-22-35)29-16-30-40(46)36-23-11-4-12-24-36/h1-32H. The van der Waals surface area contributed by atoms with Gasteiger partial charge in [0.25, 0.3) is 0 Å². The molecule has 0 bridgehead atoms. The van der Waals surface area contributed by atoms with Crippen molar-refractivity contribution < 1.29 is 0 Å². The molecule has 0 aliphatic carbocycles. The fourth-order valence-electron chi connectivity index (χ4n) is 6.85. The SMILES string of the molecule is c1ccc(-c2cccc(-c3ccccc3)c2-c2ccc(-c3c(-c4ccccc4)cccc3-c3ccccc3)c3ccccc23)cc1. The molecular weight excluding hydrogens is 553 g/mol. The molecule has 8 aromatic carbocycles. The fourth-order valence-corrected chi connectivity index (χ4v) is 6.85. The van der Waals surface area contributed by atoms with Crippen molar-refractivity contribution in [3.05, 3.63) is 194 Å². The molecule has 0 spiro atoms. The zero-order valence-electron chi connectivity index (χ0n) is 25.5. The van der Waals surface area contributed by atoms with E-state index in [-0.39, 0.29) is 0 Å². The van der Waals surface area contributed by atoms with Crippen LogP contribution >= 0.6 is 0 Å². The second-order valence-corrected chi connectivity index (χ2v) is 11.6. The Morgan fingerprint density at radius 2 is 0.435 bits per heavy atom. The van der Waals surface area contributed by atoms with Crippen molar-refractivity contribution in [3.8, 4) is 66.8 Å². The summed E-state index contributed by atoms with van der Waals surface area (Å²) in [6, 6.07) is 70.1. The maximum Gasteiger partial charge on any atom is -0.00206 e. The molecule has 0 N–H and O–H groups in total. The van der Waals surface area contributed by atoms with Crippen molar-refractivity contribution in [2.75, 3.05) is 0 Å². The second-order valence-electron chi connectivity index (χ2n) is 11.6. The van der Waals surface area contributed by atoms with Gasteiger partial charge in [-0.1, -0.05) is 194 Å². The van der Waals surface area contributed by atoms with Crippen molar-refractivity contribution in [2.45, 2.75) is 0 Å². The number of rotatable bonds is 6. The summed E-state index contributed by atoms with van der Waals surface area (Å²) in [5, 5.41) is 2.48.